The highest BCUT2D eigenvalue weighted by Gasteiger charge is 2.25. The van der Waals surface area contributed by atoms with Gasteiger partial charge >= 0.3 is 6.61 Å². The van der Waals surface area contributed by atoms with Crippen molar-refractivity contribution in [3.05, 3.63) is 29.3 Å². The maximum atomic E-state index is 12.0. The fourth-order valence-corrected chi connectivity index (χ4v) is 1.28. The number of hydrogen-bond acceptors (Lipinski definition) is 2. The SMILES string of the molecule is Cc1ccc([C@@H]2CO2)cc1OC(F)F. The van der Waals surface area contributed by atoms with Crippen molar-refractivity contribution in [2.75, 3.05) is 6.61 Å². The molecule has 0 radical (unpaired) electrons. The van der Waals surface area contributed by atoms with Crippen LogP contribution in [0.25, 0.3) is 0 Å². The summed E-state index contributed by atoms with van der Waals surface area (Å²) >= 11 is 0. The Morgan fingerprint density at radius 1 is 1.50 bits per heavy atom. The predicted molar refractivity (Wildman–Crippen MR) is 46.5 cm³/mol. The molecular formula is C10H10F2O2. The van der Waals surface area contributed by atoms with Crippen molar-refractivity contribution in [2.24, 2.45) is 0 Å². The van der Waals surface area contributed by atoms with Gasteiger partial charge in [-0.25, -0.2) is 0 Å². The van der Waals surface area contributed by atoms with E-state index < -0.39 is 6.61 Å². The lowest BCUT2D eigenvalue weighted by Gasteiger charge is -2.08. The third-order valence-electron chi connectivity index (χ3n) is 2.13. The number of aryl methyl sites for hydroxylation is 1. The van der Waals surface area contributed by atoms with Gasteiger partial charge in [0.25, 0.3) is 0 Å². The van der Waals surface area contributed by atoms with E-state index in [0.717, 1.165) is 5.56 Å². The molecule has 1 aromatic carbocycles. The largest absolute Gasteiger partial charge is 0.435 e. The summed E-state index contributed by atoms with van der Waals surface area (Å²) in [5, 5.41) is 0. The molecule has 0 unspecified atom stereocenters. The zero-order valence-corrected chi connectivity index (χ0v) is 7.67. The molecule has 1 aromatic rings. The first-order valence-electron chi connectivity index (χ1n) is 4.34. The zero-order valence-electron chi connectivity index (χ0n) is 7.67. The van der Waals surface area contributed by atoms with Crippen molar-refractivity contribution < 1.29 is 18.3 Å². The van der Waals surface area contributed by atoms with Crippen molar-refractivity contribution in [3.63, 3.8) is 0 Å². The van der Waals surface area contributed by atoms with Crippen molar-refractivity contribution >= 4 is 0 Å². The van der Waals surface area contributed by atoms with Crippen molar-refractivity contribution in [1.29, 1.82) is 0 Å². The molecule has 0 saturated carbocycles. The van der Waals surface area contributed by atoms with Crippen LogP contribution in [0.15, 0.2) is 18.2 Å². The van der Waals surface area contributed by atoms with Gasteiger partial charge in [0.05, 0.1) is 6.61 Å². The smallest absolute Gasteiger partial charge is 0.387 e. The maximum absolute atomic E-state index is 12.0. The van der Waals surface area contributed by atoms with E-state index in [1.165, 1.54) is 0 Å². The molecule has 0 bridgehead atoms. The molecule has 0 aromatic heterocycles. The summed E-state index contributed by atoms with van der Waals surface area (Å²) in [6, 6.07) is 5.24. The average molecular weight is 200 g/mol. The Hall–Kier alpha value is -1.16. The second-order valence-corrected chi connectivity index (χ2v) is 3.23. The topological polar surface area (TPSA) is 21.8 Å². The number of benzene rings is 1. The third-order valence-corrected chi connectivity index (χ3v) is 2.13. The summed E-state index contributed by atoms with van der Waals surface area (Å²) in [5.41, 5.74) is 1.60. The van der Waals surface area contributed by atoms with Gasteiger partial charge < -0.3 is 9.47 Å². The Labute approximate surface area is 80.4 Å². The summed E-state index contributed by atoms with van der Waals surface area (Å²) < 4.78 is 33.4. The number of ether oxygens (including phenoxy) is 2. The van der Waals surface area contributed by atoms with Crippen LogP contribution in [0.3, 0.4) is 0 Å². The number of hydrogen-bond donors (Lipinski definition) is 0. The number of alkyl halides is 2. The Balaban J connectivity index is 2.22. The van der Waals surface area contributed by atoms with E-state index in [9.17, 15) is 8.78 Å². The van der Waals surface area contributed by atoms with Gasteiger partial charge in [-0.2, -0.15) is 8.78 Å². The minimum Gasteiger partial charge on any atom is -0.435 e. The molecular weight excluding hydrogens is 190 g/mol. The number of halogens is 2. The van der Waals surface area contributed by atoms with E-state index in [1.807, 2.05) is 6.07 Å². The third kappa shape index (κ3) is 2.01. The quantitative estimate of drug-likeness (QED) is 0.699. The zero-order chi connectivity index (χ0) is 10.1. The highest BCUT2D eigenvalue weighted by atomic mass is 19.3. The summed E-state index contributed by atoms with van der Waals surface area (Å²) in [6.45, 7) is -0.379. The molecule has 1 atom stereocenters. The second-order valence-electron chi connectivity index (χ2n) is 3.23. The molecule has 4 heteroatoms. The normalized spacial score (nSPS) is 19.9. The molecule has 2 nitrogen and oxygen atoms in total. The first-order chi connectivity index (χ1) is 6.66. The first kappa shape index (κ1) is 9.40. The standard InChI is InChI=1S/C10H10F2O2/c1-6-2-3-7(9-5-13-9)4-8(6)14-10(11)12/h2-4,9-10H,5H2,1H3/t9-/m0/s1. The molecule has 1 aliphatic heterocycles. The fraction of sp³-hybridized carbons (Fsp3) is 0.400. The van der Waals surface area contributed by atoms with Crippen LogP contribution < -0.4 is 4.74 Å². The van der Waals surface area contributed by atoms with Crippen molar-refractivity contribution in [1.82, 2.24) is 0 Å². The fourth-order valence-electron chi connectivity index (χ4n) is 1.28. The molecule has 1 heterocycles. The Morgan fingerprint density at radius 2 is 2.21 bits per heavy atom. The predicted octanol–water partition coefficient (Wildman–Crippen LogP) is 2.67. The van der Waals surface area contributed by atoms with E-state index in [4.69, 9.17) is 4.74 Å². The van der Waals surface area contributed by atoms with Crippen molar-refractivity contribution in [3.8, 4) is 5.75 Å². The molecule has 0 spiro atoms. The average Bonchev–Trinajstić information content (AvgIpc) is 2.91. The molecule has 0 N–H and O–H groups in total. The molecule has 2 rings (SSSR count). The van der Waals surface area contributed by atoms with Crippen molar-refractivity contribution in [2.45, 2.75) is 19.6 Å². The Kier molecular flexibility index (Phi) is 2.37. The Bertz CT molecular complexity index is 335. The molecule has 1 saturated heterocycles. The van der Waals surface area contributed by atoms with Gasteiger partial charge in [-0.1, -0.05) is 12.1 Å². The molecule has 1 fully saturated rings. The summed E-state index contributed by atoms with van der Waals surface area (Å²) in [5.74, 6) is 0.230. The lowest BCUT2D eigenvalue weighted by molar-refractivity contribution is -0.0503. The van der Waals surface area contributed by atoms with Gasteiger partial charge in [-0.05, 0) is 24.1 Å². The van der Waals surface area contributed by atoms with Crippen LogP contribution in [0, 0.1) is 6.92 Å². The van der Waals surface area contributed by atoms with E-state index >= 15 is 0 Å². The second kappa shape index (κ2) is 3.53. The molecule has 14 heavy (non-hydrogen) atoms. The minimum absolute atomic E-state index is 0.0654. The van der Waals surface area contributed by atoms with Gasteiger partial charge in [0, 0.05) is 0 Å². The maximum Gasteiger partial charge on any atom is 0.387 e. The highest BCUT2D eigenvalue weighted by molar-refractivity contribution is 5.38. The molecule has 1 aliphatic rings. The van der Waals surface area contributed by atoms with Crippen LogP contribution in [-0.2, 0) is 4.74 Å². The van der Waals surface area contributed by atoms with Crippen LogP contribution in [-0.4, -0.2) is 13.2 Å². The molecule has 0 aliphatic carbocycles. The van der Waals surface area contributed by atoms with E-state index in [-0.39, 0.29) is 11.9 Å². The van der Waals surface area contributed by atoms with Crippen LogP contribution in [0.2, 0.25) is 0 Å². The lowest BCUT2D eigenvalue weighted by Crippen LogP contribution is -2.03. The van der Waals surface area contributed by atoms with Gasteiger partial charge in [0.2, 0.25) is 0 Å². The van der Waals surface area contributed by atoms with Crippen LogP contribution in [0.5, 0.6) is 5.75 Å². The number of epoxide rings is 1. The minimum atomic E-state index is -2.77. The highest BCUT2D eigenvalue weighted by Crippen LogP contribution is 2.33. The van der Waals surface area contributed by atoms with Crippen LogP contribution in [0.1, 0.15) is 17.2 Å². The summed E-state index contributed by atoms with van der Waals surface area (Å²) in [6.07, 6.45) is 0.0654. The van der Waals surface area contributed by atoms with Gasteiger partial charge in [-0.15, -0.1) is 0 Å². The lowest BCUT2D eigenvalue weighted by atomic mass is 10.1. The van der Waals surface area contributed by atoms with E-state index in [0.29, 0.717) is 12.2 Å². The van der Waals surface area contributed by atoms with Gasteiger partial charge in [-0.3, -0.25) is 0 Å². The van der Waals surface area contributed by atoms with E-state index in [2.05, 4.69) is 4.74 Å². The van der Waals surface area contributed by atoms with Gasteiger partial charge in [0.1, 0.15) is 11.9 Å². The molecule has 0 amide bonds. The summed E-state index contributed by atoms with van der Waals surface area (Å²) in [7, 11) is 0. The first-order valence-corrected chi connectivity index (χ1v) is 4.34. The van der Waals surface area contributed by atoms with Crippen LogP contribution >= 0.6 is 0 Å². The van der Waals surface area contributed by atoms with E-state index in [1.54, 1.807) is 19.1 Å². The Morgan fingerprint density at radius 3 is 2.79 bits per heavy atom. The number of rotatable bonds is 3. The van der Waals surface area contributed by atoms with Gasteiger partial charge in [0.15, 0.2) is 0 Å². The molecule has 76 valence electrons. The summed E-state index contributed by atoms with van der Waals surface area (Å²) in [4.78, 5) is 0. The van der Waals surface area contributed by atoms with Crippen LogP contribution in [0.4, 0.5) is 8.78 Å². The monoisotopic (exact) mass is 200 g/mol.